The van der Waals surface area contributed by atoms with E-state index in [1.807, 2.05) is 18.8 Å². The molecule has 2 unspecified atom stereocenters. The first-order valence-corrected chi connectivity index (χ1v) is 7.75. The molecule has 0 radical (unpaired) electrons. The van der Waals surface area contributed by atoms with Gasteiger partial charge in [0.2, 0.25) is 0 Å². The molecular weight excluding hydrogens is 268 g/mol. The molecule has 2 atom stereocenters. The minimum Gasteiger partial charge on any atom is -0.493 e. The Labute approximate surface area is 126 Å². The lowest BCUT2D eigenvalue weighted by Crippen LogP contribution is -2.47. The van der Waals surface area contributed by atoms with Crippen molar-refractivity contribution in [2.45, 2.75) is 49.9 Å². The van der Waals surface area contributed by atoms with E-state index in [9.17, 15) is 5.11 Å². The highest BCUT2D eigenvalue weighted by atomic mass is 16.5. The minimum absolute atomic E-state index is 0.413. The van der Waals surface area contributed by atoms with Crippen molar-refractivity contribution in [2.24, 2.45) is 0 Å². The molecule has 0 aromatic carbocycles. The third-order valence-electron chi connectivity index (χ3n) is 4.73. The van der Waals surface area contributed by atoms with Crippen molar-refractivity contribution in [3.63, 3.8) is 0 Å². The van der Waals surface area contributed by atoms with Crippen LogP contribution in [0.15, 0.2) is 6.20 Å². The van der Waals surface area contributed by atoms with Crippen LogP contribution in [0.25, 0.3) is 0 Å². The Hall–Kier alpha value is -1.11. The third kappa shape index (κ3) is 2.80. The lowest BCUT2D eigenvalue weighted by molar-refractivity contribution is -0.0211. The molecule has 6 heteroatoms. The van der Waals surface area contributed by atoms with Crippen molar-refractivity contribution in [3.05, 3.63) is 11.9 Å². The van der Waals surface area contributed by atoms with Crippen LogP contribution >= 0.6 is 0 Å². The number of ether oxygens (including phenoxy) is 1. The first kappa shape index (κ1) is 14.8. The number of hydrogen-bond acceptors (Lipinski definition) is 5. The number of hydrogen-bond donors (Lipinski definition) is 2. The van der Waals surface area contributed by atoms with Gasteiger partial charge in [0.1, 0.15) is 11.3 Å². The summed E-state index contributed by atoms with van der Waals surface area (Å²) in [6.07, 6.45) is 5.52. The van der Waals surface area contributed by atoms with Gasteiger partial charge in [-0.3, -0.25) is 4.68 Å². The molecule has 2 fully saturated rings. The van der Waals surface area contributed by atoms with Gasteiger partial charge in [0.25, 0.3) is 0 Å². The molecule has 2 aliphatic heterocycles. The third-order valence-corrected chi connectivity index (χ3v) is 4.73. The summed E-state index contributed by atoms with van der Waals surface area (Å²) in [4.78, 5) is 2.12. The molecule has 21 heavy (non-hydrogen) atoms. The molecule has 0 amide bonds. The van der Waals surface area contributed by atoms with E-state index in [0.717, 1.165) is 44.5 Å². The van der Waals surface area contributed by atoms with E-state index in [2.05, 4.69) is 15.3 Å². The van der Waals surface area contributed by atoms with Gasteiger partial charge in [-0.2, -0.15) is 5.10 Å². The summed E-state index contributed by atoms with van der Waals surface area (Å²) in [5, 5.41) is 19.3. The Morgan fingerprint density at radius 3 is 2.67 bits per heavy atom. The molecule has 1 aromatic rings. The topological polar surface area (TPSA) is 62.5 Å². The lowest BCUT2D eigenvalue weighted by Gasteiger charge is -2.37. The average Bonchev–Trinajstić information content (AvgIpc) is 3.00. The first-order valence-electron chi connectivity index (χ1n) is 7.75. The molecule has 0 spiro atoms. The molecule has 2 saturated heterocycles. The number of fused-ring (bicyclic) bond motifs is 2. The highest BCUT2D eigenvalue weighted by Gasteiger charge is 2.46. The van der Waals surface area contributed by atoms with Crippen LogP contribution < -0.4 is 10.1 Å². The van der Waals surface area contributed by atoms with E-state index in [0.29, 0.717) is 17.8 Å². The van der Waals surface area contributed by atoms with Crippen LogP contribution in [0.4, 0.5) is 0 Å². The highest BCUT2D eigenvalue weighted by molar-refractivity contribution is 5.32. The second kappa shape index (κ2) is 5.59. The van der Waals surface area contributed by atoms with Gasteiger partial charge in [0, 0.05) is 18.6 Å². The van der Waals surface area contributed by atoms with Crippen LogP contribution in [0.1, 0.15) is 31.4 Å². The van der Waals surface area contributed by atoms with Crippen LogP contribution in [0, 0.1) is 0 Å². The number of aromatic nitrogens is 2. The molecule has 3 heterocycles. The van der Waals surface area contributed by atoms with E-state index in [4.69, 9.17) is 4.74 Å². The van der Waals surface area contributed by atoms with Gasteiger partial charge < -0.3 is 20.1 Å². The van der Waals surface area contributed by atoms with E-state index < -0.39 is 5.60 Å². The van der Waals surface area contributed by atoms with Crippen molar-refractivity contribution in [1.82, 2.24) is 20.0 Å². The Morgan fingerprint density at radius 2 is 2.10 bits per heavy atom. The molecule has 118 valence electrons. The molecule has 3 rings (SSSR count). The van der Waals surface area contributed by atoms with Gasteiger partial charge in [-0.15, -0.1) is 0 Å². The summed E-state index contributed by atoms with van der Waals surface area (Å²) in [5.74, 6) is 0.706. The number of rotatable bonds is 5. The molecule has 0 aliphatic carbocycles. The molecule has 2 N–H and O–H groups in total. The van der Waals surface area contributed by atoms with Crippen molar-refractivity contribution < 1.29 is 9.84 Å². The molecule has 0 saturated carbocycles. The van der Waals surface area contributed by atoms with E-state index in [1.54, 1.807) is 13.3 Å². The minimum atomic E-state index is -0.828. The zero-order valence-electron chi connectivity index (χ0n) is 13.2. The van der Waals surface area contributed by atoms with Gasteiger partial charge >= 0.3 is 0 Å². The summed E-state index contributed by atoms with van der Waals surface area (Å²) in [6.45, 7) is 1.65. The number of piperidine rings is 1. The smallest absolute Gasteiger partial charge is 0.162 e. The summed E-state index contributed by atoms with van der Waals surface area (Å²) in [7, 11) is 5.73. The Morgan fingerprint density at radius 1 is 1.43 bits per heavy atom. The Kier molecular flexibility index (Phi) is 3.94. The largest absolute Gasteiger partial charge is 0.493 e. The van der Waals surface area contributed by atoms with Crippen LogP contribution in [0.2, 0.25) is 0 Å². The number of likely N-dealkylation sites (N-methyl/N-ethyl adjacent to an activating group) is 1. The van der Waals surface area contributed by atoms with Crippen LogP contribution in [0.5, 0.6) is 5.75 Å². The van der Waals surface area contributed by atoms with Crippen molar-refractivity contribution >= 4 is 0 Å². The lowest BCUT2D eigenvalue weighted by atomic mass is 9.84. The van der Waals surface area contributed by atoms with Crippen LogP contribution in [-0.4, -0.2) is 59.6 Å². The number of aliphatic hydroxyl groups is 1. The van der Waals surface area contributed by atoms with Gasteiger partial charge in [0.05, 0.1) is 19.9 Å². The fourth-order valence-electron chi connectivity index (χ4n) is 3.77. The zero-order chi connectivity index (χ0) is 15.0. The standard InChI is InChI=1S/C15H26N4O2/c1-18(2)6-7-19-14(13(21-3)10-16-19)15(20)8-11-4-5-12(9-15)17-11/h10-12,17,20H,4-9H2,1-3H3. The SMILES string of the molecule is COc1cnn(CCN(C)C)c1C1(O)CC2CCC(C1)N2. The van der Waals surface area contributed by atoms with Gasteiger partial charge in [-0.05, 0) is 39.8 Å². The predicted octanol–water partition coefficient (Wildman–Crippen LogP) is 0.555. The normalized spacial score (nSPS) is 31.9. The molecular formula is C15H26N4O2. The highest BCUT2D eigenvalue weighted by Crippen LogP contribution is 2.43. The van der Waals surface area contributed by atoms with E-state index >= 15 is 0 Å². The Bertz CT molecular complexity index is 488. The fourth-order valence-corrected chi connectivity index (χ4v) is 3.77. The monoisotopic (exact) mass is 294 g/mol. The summed E-state index contributed by atoms with van der Waals surface area (Å²) < 4.78 is 7.39. The fraction of sp³-hybridized carbons (Fsp3) is 0.800. The number of nitrogens with zero attached hydrogens (tertiary/aromatic N) is 3. The zero-order valence-corrected chi connectivity index (χ0v) is 13.2. The quantitative estimate of drug-likeness (QED) is 0.831. The number of nitrogens with one attached hydrogen (secondary N) is 1. The summed E-state index contributed by atoms with van der Waals surface area (Å²) >= 11 is 0. The van der Waals surface area contributed by atoms with Crippen LogP contribution in [-0.2, 0) is 12.1 Å². The van der Waals surface area contributed by atoms with Crippen molar-refractivity contribution in [3.8, 4) is 5.75 Å². The molecule has 2 aliphatic rings. The predicted molar refractivity (Wildman–Crippen MR) is 80.4 cm³/mol. The van der Waals surface area contributed by atoms with Crippen LogP contribution in [0.3, 0.4) is 0 Å². The molecule has 1 aromatic heterocycles. The van der Waals surface area contributed by atoms with Crippen molar-refractivity contribution in [1.29, 1.82) is 0 Å². The maximum absolute atomic E-state index is 11.3. The maximum atomic E-state index is 11.3. The van der Waals surface area contributed by atoms with E-state index in [1.165, 1.54) is 0 Å². The van der Waals surface area contributed by atoms with E-state index in [-0.39, 0.29) is 0 Å². The average molecular weight is 294 g/mol. The van der Waals surface area contributed by atoms with Gasteiger partial charge in [-0.1, -0.05) is 0 Å². The van der Waals surface area contributed by atoms with Gasteiger partial charge in [-0.25, -0.2) is 0 Å². The molecule has 2 bridgehead atoms. The summed E-state index contributed by atoms with van der Waals surface area (Å²) in [5.41, 5.74) is 0.0239. The second-order valence-corrected chi connectivity index (χ2v) is 6.67. The Balaban J connectivity index is 1.90. The molecule has 6 nitrogen and oxygen atoms in total. The summed E-state index contributed by atoms with van der Waals surface area (Å²) in [6, 6.07) is 0.825. The maximum Gasteiger partial charge on any atom is 0.162 e. The van der Waals surface area contributed by atoms with Crippen molar-refractivity contribution in [2.75, 3.05) is 27.7 Å². The number of methoxy groups -OCH3 is 1. The van der Waals surface area contributed by atoms with Gasteiger partial charge in [0.15, 0.2) is 5.75 Å². The first-order chi connectivity index (χ1) is 10.0. The second-order valence-electron chi connectivity index (χ2n) is 6.67.